The van der Waals surface area contributed by atoms with Gasteiger partial charge in [0.15, 0.2) is 11.5 Å². The maximum absolute atomic E-state index is 12.7. The largest absolute Gasteiger partial charge is 0.497 e. The van der Waals surface area contributed by atoms with Crippen LogP contribution in [0.1, 0.15) is 32.3 Å². The zero-order valence-electron chi connectivity index (χ0n) is 18.8. The number of unbranched alkanes of at least 4 members (excludes halogenated alkanes) is 1. The molecule has 32 heavy (non-hydrogen) atoms. The molecule has 1 aliphatic rings. The van der Waals surface area contributed by atoms with E-state index in [9.17, 15) is 9.59 Å². The van der Waals surface area contributed by atoms with Gasteiger partial charge in [-0.25, -0.2) is 4.79 Å². The molecule has 2 aromatic carbocycles. The number of nitrogens with one attached hydrogen (secondary N) is 2. The average molecular weight is 442 g/mol. The van der Waals surface area contributed by atoms with Gasteiger partial charge in [0, 0.05) is 30.9 Å². The summed E-state index contributed by atoms with van der Waals surface area (Å²) in [6.07, 6.45) is 1.82. The van der Waals surface area contributed by atoms with Gasteiger partial charge >= 0.3 is 6.03 Å². The number of fused-ring (bicyclic) bond motifs is 1. The Labute approximate surface area is 188 Å². The molecular formula is C24H31N3O5. The molecule has 2 N–H and O–H groups in total. The van der Waals surface area contributed by atoms with E-state index in [-0.39, 0.29) is 24.8 Å². The first kappa shape index (κ1) is 23.2. The molecule has 0 fully saturated rings. The number of carbonyl (C=O) groups is 2. The topological polar surface area (TPSA) is 89.1 Å². The summed E-state index contributed by atoms with van der Waals surface area (Å²) in [5, 5.41) is 5.88. The van der Waals surface area contributed by atoms with Gasteiger partial charge in [0.25, 0.3) is 0 Å². The number of anilines is 1. The zero-order valence-corrected chi connectivity index (χ0v) is 18.8. The monoisotopic (exact) mass is 441 g/mol. The maximum Gasteiger partial charge on any atom is 0.322 e. The number of hydrogen-bond donors (Lipinski definition) is 2. The molecule has 0 saturated heterocycles. The molecule has 8 heteroatoms. The molecule has 0 atom stereocenters. The fourth-order valence-corrected chi connectivity index (χ4v) is 3.34. The number of ether oxygens (including phenoxy) is 3. The fourth-order valence-electron chi connectivity index (χ4n) is 3.34. The molecule has 1 aliphatic heterocycles. The normalized spacial score (nSPS) is 11.9. The maximum atomic E-state index is 12.7. The number of carbonyl (C=O) groups excluding carboxylic acids is 2. The van der Waals surface area contributed by atoms with Crippen molar-refractivity contribution in [3.8, 4) is 17.2 Å². The fraction of sp³-hybridized carbons (Fsp3) is 0.417. The molecule has 2 aromatic rings. The quantitative estimate of drug-likeness (QED) is 0.551. The van der Waals surface area contributed by atoms with Crippen molar-refractivity contribution in [3.63, 3.8) is 0 Å². The van der Waals surface area contributed by atoms with Crippen molar-refractivity contribution in [3.05, 3.63) is 48.0 Å². The smallest absolute Gasteiger partial charge is 0.322 e. The van der Waals surface area contributed by atoms with E-state index in [4.69, 9.17) is 14.2 Å². The van der Waals surface area contributed by atoms with Crippen LogP contribution in [0.3, 0.4) is 0 Å². The van der Waals surface area contributed by atoms with Crippen LogP contribution in [0.5, 0.6) is 17.2 Å². The Balaban J connectivity index is 1.48. The van der Waals surface area contributed by atoms with E-state index in [0.717, 1.165) is 29.8 Å². The van der Waals surface area contributed by atoms with Crippen molar-refractivity contribution in [2.24, 2.45) is 0 Å². The van der Waals surface area contributed by atoms with Crippen molar-refractivity contribution in [2.45, 2.75) is 39.2 Å². The van der Waals surface area contributed by atoms with Gasteiger partial charge in [0.1, 0.15) is 5.75 Å². The van der Waals surface area contributed by atoms with Gasteiger partial charge in [-0.1, -0.05) is 12.1 Å². The standard InChI is InChI=1S/C24H31N3O5/c1-17(2)26-24(29)27(19-8-11-21-22(15-19)32-16-31-21)13-5-4-12-25-23(28)14-18-6-9-20(30-3)10-7-18/h6-11,15,17H,4-5,12-14,16H2,1-3H3,(H,25,28)(H,26,29). The second-order valence-corrected chi connectivity index (χ2v) is 7.88. The number of hydrogen-bond acceptors (Lipinski definition) is 5. The first-order valence-corrected chi connectivity index (χ1v) is 10.8. The third-order valence-electron chi connectivity index (χ3n) is 4.98. The summed E-state index contributed by atoms with van der Waals surface area (Å²) < 4.78 is 15.9. The number of benzene rings is 2. The summed E-state index contributed by atoms with van der Waals surface area (Å²) in [6, 6.07) is 12.8. The molecule has 0 aromatic heterocycles. The minimum Gasteiger partial charge on any atom is -0.497 e. The molecule has 0 saturated carbocycles. The Morgan fingerprint density at radius 3 is 2.53 bits per heavy atom. The van der Waals surface area contributed by atoms with Crippen LogP contribution >= 0.6 is 0 Å². The Morgan fingerprint density at radius 1 is 1.06 bits per heavy atom. The van der Waals surface area contributed by atoms with Crippen molar-refractivity contribution < 1.29 is 23.8 Å². The van der Waals surface area contributed by atoms with Gasteiger partial charge in [-0.15, -0.1) is 0 Å². The zero-order chi connectivity index (χ0) is 22.9. The van der Waals surface area contributed by atoms with Crippen LogP contribution in [-0.2, 0) is 11.2 Å². The number of methoxy groups -OCH3 is 1. The van der Waals surface area contributed by atoms with Crippen molar-refractivity contribution in [1.82, 2.24) is 10.6 Å². The van der Waals surface area contributed by atoms with Gasteiger partial charge in [-0.3, -0.25) is 9.69 Å². The molecule has 172 valence electrons. The molecule has 8 nitrogen and oxygen atoms in total. The number of urea groups is 1. The summed E-state index contributed by atoms with van der Waals surface area (Å²) in [4.78, 5) is 26.6. The second-order valence-electron chi connectivity index (χ2n) is 7.88. The van der Waals surface area contributed by atoms with E-state index >= 15 is 0 Å². The van der Waals surface area contributed by atoms with Crippen LogP contribution < -0.4 is 29.7 Å². The number of nitrogens with zero attached hydrogens (tertiary/aromatic N) is 1. The lowest BCUT2D eigenvalue weighted by molar-refractivity contribution is -0.120. The molecule has 0 aliphatic carbocycles. The van der Waals surface area contributed by atoms with Crippen LogP contribution in [0.2, 0.25) is 0 Å². The predicted octanol–water partition coefficient (Wildman–Crippen LogP) is 3.49. The van der Waals surface area contributed by atoms with Crippen LogP contribution in [0.25, 0.3) is 0 Å². The van der Waals surface area contributed by atoms with E-state index in [1.165, 1.54) is 0 Å². The van der Waals surface area contributed by atoms with E-state index < -0.39 is 0 Å². The molecule has 3 rings (SSSR count). The minimum absolute atomic E-state index is 0.0243. The molecule has 3 amide bonds. The average Bonchev–Trinajstić information content (AvgIpc) is 3.24. The van der Waals surface area contributed by atoms with Gasteiger partial charge in [0.2, 0.25) is 12.7 Å². The third kappa shape index (κ3) is 6.54. The number of rotatable bonds is 10. The third-order valence-corrected chi connectivity index (χ3v) is 4.98. The van der Waals surface area contributed by atoms with E-state index in [0.29, 0.717) is 31.0 Å². The Morgan fingerprint density at radius 2 is 1.81 bits per heavy atom. The lowest BCUT2D eigenvalue weighted by atomic mass is 10.1. The Kier molecular flexibility index (Phi) is 8.19. The molecule has 0 unspecified atom stereocenters. The Hall–Kier alpha value is -3.42. The van der Waals surface area contributed by atoms with E-state index in [1.807, 2.05) is 56.3 Å². The first-order chi connectivity index (χ1) is 15.5. The second kappa shape index (κ2) is 11.3. The molecule has 0 spiro atoms. The predicted molar refractivity (Wildman–Crippen MR) is 123 cm³/mol. The van der Waals surface area contributed by atoms with Crippen LogP contribution in [-0.4, -0.2) is 45.0 Å². The Bertz CT molecular complexity index is 914. The van der Waals surface area contributed by atoms with Gasteiger partial charge < -0.3 is 24.8 Å². The summed E-state index contributed by atoms with van der Waals surface area (Å²) in [5.74, 6) is 2.05. The molecule has 0 bridgehead atoms. The minimum atomic E-state index is -0.164. The van der Waals surface area contributed by atoms with Gasteiger partial charge in [0.05, 0.1) is 13.5 Å². The number of amides is 3. The highest BCUT2D eigenvalue weighted by atomic mass is 16.7. The van der Waals surface area contributed by atoms with Crippen molar-refractivity contribution in [1.29, 1.82) is 0 Å². The summed E-state index contributed by atoms with van der Waals surface area (Å²) in [6.45, 7) is 5.11. The summed E-state index contributed by atoms with van der Waals surface area (Å²) >= 11 is 0. The van der Waals surface area contributed by atoms with E-state index in [2.05, 4.69) is 10.6 Å². The lowest BCUT2D eigenvalue weighted by Crippen LogP contribution is -2.43. The van der Waals surface area contributed by atoms with Crippen LogP contribution in [0, 0.1) is 0 Å². The molecule has 0 radical (unpaired) electrons. The first-order valence-electron chi connectivity index (χ1n) is 10.8. The van der Waals surface area contributed by atoms with Gasteiger partial charge in [-0.05, 0) is 56.5 Å². The highest BCUT2D eigenvalue weighted by Gasteiger charge is 2.20. The molecule has 1 heterocycles. The lowest BCUT2D eigenvalue weighted by Gasteiger charge is -2.24. The SMILES string of the molecule is COc1ccc(CC(=O)NCCCCN(C(=O)NC(C)C)c2ccc3c(c2)OCO3)cc1. The summed E-state index contributed by atoms with van der Waals surface area (Å²) in [7, 11) is 1.61. The summed E-state index contributed by atoms with van der Waals surface area (Å²) in [5.41, 5.74) is 1.68. The van der Waals surface area contributed by atoms with Crippen molar-refractivity contribution in [2.75, 3.05) is 31.9 Å². The van der Waals surface area contributed by atoms with Crippen LogP contribution in [0.4, 0.5) is 10.5 Å². The highest BCUT2D eigenvalue weighted by Crippen LogP contribution is 2.35. The van der Waals surface area contributed by atoms with E-state index in [1.54, 1.807) is 12.0 Å². The van der Waals surface area contributed by atoms with Gasteiger partial charge in [-0.2, -0.15) is 0 Å². The highest BCUT2D eigenvalue weighted by molar-refractivity contribution is 5.92. The van der Waals surface area contributed by atoms with Crippen LogP contribution in [0.15, 0.2) is 42.5 Å². The molecular weight excluding hydrogens is 410 g/mol. The van der Waals surface area contributed by atoms with Crippen molar-refractivity contribution >= 4 is 17.6 Å².